The van der Waals surface area contributed by atoms with Crippen LogP contribution >= 0.6 is 0 Å². The van der Waals surface area contributed by atoms with Crippen LogP contribution in [-0.2, 0) is 9.59 Å². The van der Waals surface area contributed by atoms with Crippen molar-refractivity contribution >= 4 is 17.6 Å². The highest BCUT2D eigenvalue weighted by Gasteiger charge is 2.30. The van der Waals surface area contributed by atoms with Crippen molar-refractivity contribution in [1.82, 2.24) is 5.32 Å². The molecule has 3 N–H and O–H groups in total. The number of aliphatic carboxylic acids is 1. The van der Waals surface area contributed by atoms with E-state index >= 15 is 0 Å². The van der Waals surface area contributed by atoms with Gasteiger partial charge in [-0.15, -0.1) is 0 Å². The largest absolute Gasteiger partial charge is 0.480 e. The fraction of sp³-hybridized carbons (Fsp3) is 0.273. The number of aryl methyl sites for hydroxylation is 1. The zero-order valence-electron chi connectivity index (χ0n) is 8.78. The minimum atomic E-state index is -0.978. The third kappa shape index (κ3) is 1.90. The van der Waals surface area contributed by atoms with Crippen LogP contribution in [0.1, 0.15) is 17.2 Å². The number of carbonyl (C=O) groups excluding carboxylic acids is 1. The van der Waals surface area contributed by atoms with Gasteiger partial charge in [-0.2, -0.15) is 0 Å². The Morgan fingerprint density at radius 2 is 2.31 bits per heavy atom. The molecule has 0 fully saturated rings. The lowest BCUT2D eigenvalue weighted by Gasteiger charge is -2.09. The minimum Gasteiger partial charge on any atom is -0.480 e. The van der Waals surface area contributed by atoms with Gasteiger partial charge in [0.25, 0.3) is 0 Å². The molecule has 0 aromatic heterocycles. The lowest BCUT2D eigenvalue weighted by molar-refractivity contribution is -0.136. The van der Waals surface area contributed by atoms with E-state index in [0.29, 0.717) is 0 Å². The molecule has 0 saturated carbocycles. The number of carboxylic acids is 1. The molecule has 1 heterocycles. The van der Waals surface area contributed by atoms with Crippen LogP contribution in [0.15, 0.2) is 18.2 Å². The summed E-state index contributed by atoms with van der Waals surface area (Å²) in [6, 6.07) is 5.04. The van der Waals surface area contributed by atoms with E-state index in [-0.39, 0.29) is 12.5 Å². The molecule has 1 atom stereocenters. The van der Waals surface area contributed by atoms with Gasteiger partial charge in [0.2, 0.25) is 5.91 Å². The Morgan fingerprint density at radius 1 is 1.56 bits per heavy atom. The highest BCUT2D eigenvalue weighted by atomic mass is 16.4. The van der Waals surface area contributed by atoms with Crippen LogP contribution in [0, 0.1) is 6.92 Å². The second kappa shape index (κ2) is 3.94. The van der Waals surface area contributed by atoms with Crippen molar-refractivity contribution in [3.63, 3.8) is 0 Å². The summed E-state index contributed by atoms with van der Waals surface area (Å²) < 4.78 is 0. The number of carboxylic acid groups (broad SMARTS) is 1. The Balaban J connectivity index is 2.24. The SMILES string of the molecule is Cc1ccc2c(c1)C(NCC(=O)O)C(=O)N2. The predicted octanol–water partition coefficient (Wildman–Crippen LogP) is 0.662. The van der Waals surface area contributed by atoms with Gasteiger partial charge in [-0.25, -0.2) is 0 Å². The molecule has 0 bridgehead atoms. The maximum Gasteiger partial charge on any atom is 0.317 e. The first kappa shape index (κ1) is 10.6. The van der Waals surface area contributed by atoms with Crippen molar-refractivity contribution in [2.24, 2.45) is 0 Å². The van der Waals surface area contributed by atoms with Gasteiger partial charge in [0.1, 0.15) is 6.04 Å². The molecule has 1 aromatic carbocycles. The summed E-state index contributed by atoms with van der Waals surface area (Å²) in [6.45, 7) is 1.70. The Hall–Kier alpha value is -1.88. The smallest absolute Gasteiger partial charge is 0.317 e. The number of carbonyl (C=O) groups is 2. The van der Waals surface area contributed by atoms with Gasteiger partial charge in [-0.05, 0) is 13.0 Å². The van der Waals surface area contributed by atoms with Crippen LogP contribution in [-0.4, -0.2) is 23.5 Å². The molecule has 1 unspecified atom stereocenters. The predicted molar refractivity (Wildman–Crippen MR) is 58.2 cm³/mol. The third-order valence-corrected chi connectivity index (χ3v) is 2.50. The van der Waals surface area contributed by atoms with Crippen molar-refractivity contribution in [3.05, 3.63) is 29.3 Å². The molecular formula is C11H12N2O3. The zero-order valence-corrected chi connectivity index (χ0v) is 8.78. The molecule has 1 amide bonds. The summed E-state index contributed by atoms with van der Waals surface area (Å²) in [6.07, 6.45) is 0. The van der Waals surface area contributed by atoms with Crippen LogP contribution < -0.4 is 10.6 Å². The second-order valence-electron chi connectivity index (χ2n) is 3.79. The average Bonchev–Trinajstić information content (AvgIpc) is 2.51. The average molecular weight is 220 g/mol. The molecule has 0 radical (unpaired) electrons. The molecule has 0 saturated heterocycles. The number of amides is 1. The van der Waals surface area contributed by atoms with Crippen LogP contribution in [0.5, 0.6) is 0 Å². The van der Waals surface area contributed by atoms with E-state index in [1.807, 2.05) is 25.1 Å². The van der Waals surface area contributed by atoms with Gasteiger partial charge in [0, 0.05) is 11.3 Å². The number of rotatable bonds is 3. The quantitative estimate of drug-likeness (QED) is 0.699. The molecule has 1 aromatic rings. The lowest BCUT2D eigenvalue weighted by Crippen LogP contribution is -2.31. The van der Waals surface area contributed by atoms with E-state index in [0.717, 1.165) is 16.8 Å². The summed E-state index contributed by atoms with van der Waals surface area (Å²) in [5.41, 5.74) is 2.60. The molecule has 5 nitrogen and oxygen atoms in total. The number of fused-ring (bicyclic) bond motifs is 1. The second-order valence-corrected chi connectivity index (χ2v) is 3.79. The Bertz CT molecular complexity index is 457. The van der Waals surface area contributed by atoms with Gasteiger partial charge in [-0.1, -0.05) is 17.7 Å². The van der Waals surface area contributed by atoms with Gasteiger partial charge in [0.05, 0.1) is 6.54 Å². The van der Waals surface area contributed by atoms with Gasteiger partial charge >= 0.3 is 5.97 Å². The van der Waals surface area contributed by atoms with Crippen LogP contribution in [0.3, 0.4) is 0 Å². The molecule has 16 heavy (non-hydrogen) atoms. The van der Waals surface area contributed by atoms with Crippen molar-refractivity contribution in [1.29, 1.82) is 0 Å². The van der Waals surface area contributed by atoms with Gasteiger partial charge < -0.3 is 10.4 Å². The fourth-order valence-electron chi connectivity index (χ4n) is 1.77. The monoisotopic (exact) mass is 220 g/mol. The van der Waals surface area contributed by atoms with Crippen LogP contribution in [0.4, 0.5) is 5.69 Å². The third-order valence-electron chi connectivity index (χ3n) is 2.50. The lowest BCUT2D eigenvalue weighted by atomic mass is 10.1. The summed E-state index contributed by atoms with van der Waals surface area (Å²) in [5.74, 6) is -1.18. The van der Waals surface area contributed by atoms with Crippen molar-refractivity contribution in [3.8, 4) is 0 Å². The molecule has 84 valence electrons. The summed E-state index contributed by atoms with van der Waals surface area (Å²) >= 11 is 0. The van der Waals surface area contributed by atoms with Gasteiger partial charge in [-0.3, -0.25) is 14.9 Å². The molecule has 1 aliphatic heterocycles. The standard InChI is InChI=1S/C11H12N2O3/c1-6-2-3-8-7(4-6)10(11(16)13-8)12-5-9(14)15/h2-4,10,12H,5H2,1H3,(H,13,16)(H,14,15). The van der Waals surface area contributed by atoms with Crippen LogP contribution in [0.25, 0.3) is 0 Å². The summed E-state index contributed by atoms with van der Waals surface area (Å²) in [4.78, 5) is 22.0. The van der Waals surface area contributed by atoms with E-state index in [1.165, 1.54) is 0 Å². The maximum atomic E-state index is 11.6. The first-order chi connectivity index (χ1) is 7.58. The normalized spacial score (nSPS) is 18.1. The highest BCUT2D eigenvalue weighted by molar-refractivity contribution is 6.02. The first-order valence-electron chi connectivity index (χ1n) is 4.94. The summed E-state index contributed by atoms with van der Waals surface area (Å²) in [5, 5.41) is 14.0. The van der Waals surface area contributed by atoms with Crippen molar-refractivity contribution in [2.75, 3.05) is 11.9 Å². The topological polar surface area (TPSA) is 78.4 Å². The number of benzene rings is 1. The Kier molecular flexibility index (Phi) is 2.62. The number of hydrogen-bond donors (Lipinski definition) is 3. The highest BCUT2D eigenvalue weighted by Crippen LogP contribution is 2.31. The first-order valence-corrected chi connectivity index (χ1v) is 4.94. The molecule has 1 aliphatic rings. The van der Waals surface area contributed by atoms with E-state index in [1.54, 1.807) is 0 Å². The summed E-state index contributed by atoms with van der Waals surface area (Å²) in [7, 11) is 0. The Morgan fingerprint density at radius 3 is 3.00 bits per heavy atom. The molecule has 2 rings (SSSR count). The van der Waals surface area contributed by atoms with E-state index < -0.39 is 12.0 Å². The number of hydrogen-bond acceptors (Lipinski definition) is 3. The molecule has 0 spiro atoms. The van der Waals surface area contributed by atoms with E-state index in [9.17, 15) is 9.59 Å². The van der Waals surface area contributed by atoms with E-state index in [2.05, 4.69) is 10.6 Å². The zero-order chi connectivity index (χ0) is 11.7. The molecular weight excluding hydrogens is 208 g/mol. The Labute approximate surface area is 92.5 Å². The maximum absolute atomic E-state index is 11.6. The number of anilines is 1. The number of nitrogens with one attached hydrogen (secondary N) is 2. The minimum absolute atomic E-state index is 0.207. The van der Waals surface area contributed by atoms with Crippen LogP contribution in [0.2, 0.25) is 0 Å². The van der Waals surface area contributed by atoms with E-state index in [4.69, 9.17) is 5.11 Å². The van der Waals surface area contributed by atoms with Crippen molar-refractivity contribution < 1.29 is 14.7 Å². The van der Waals surface area contributed by atoms with Gasteiger partial charge in [0.15, 0.2) is 0 Å². The molecule has 5 heteroatoms. The molecule has 0 aliphatic carbocycles. The fourth-order valence-corrected chi connectivity index (χ4v) is 1.77. The van der Waals surface area contributed by atoms with Crippen molar-refractivity contribution in [2.45, 2.75) is 13.0 Å².